The van der Waals surface area contributed by atoms with Gasteiger partial charge < -0.3 is 10.0 Å². The third kappa shape index (κ3) is 2.90. The number of carboxylic acid groups (broad SMARTS) is 1. The fraction of sp³-hybridized carbons (Fsp3) is 0.400. The van der Waals surface area contributed by atoms with Crippen molar-refractivity contribution in [1.29, 1.82) is 0 Å². The van der Waals surface area contributed by atoms with Gasteiger partial charge in [0.2, 0.25) is 0 Å². The van der Waals surface area contributed by atoms with E-state index in [-0.39, 0.29) is 18.5 Å². The normalized spacial score (nSPS) is 11.1. The van der Waals surface area contributed by atoms with Crippen molar-refractivity contribution >= 4 is 33.4 Å². The van der Waals surface area contributed by atoms with E-state index < -0.39 is 5.97 Å². The van der Waals surface area contributed by atoms with Crippen LogP contribution in [0.5, 0.6) is 0 Å². The molecule has 0 aliphatic carbocycles. The predicted octanol–water partition coefficient (Wildman–Crippen LogP) is 2.85. The van der Waals surface area contributed by atoms with Crippen LogP contribution in [0.1, 0.15) is 34.6 Å². The molecule has 112 valence electrons. The van der Waals surface area contributed by atoms with Crippen LogP contribution in [0.3, 0.4) is 0 Å². The molecule has 0 aliphatic rings. The molecule has 0 bridgehead atoms. The molecule has 2 aromatic heterocycles. The van der Waals surface area contributed by atoms with Gasteiger partial charge in [-0.2, -0.15) is 0 Å². The third-order valence-electron chi connectivity index (χ3n) is 3.42. The highest BCUT2D eigenvalue weighted by Gasteiger charge is 2.25. The van der Waals surface area contributed by atoms with E-state index in [1.165, 1.54) is 16.2 Å². The molecule has 5 nitrogen and oxygen atoms in total. The lowest BCUT2D eigenvalue weighted by atomic mass is 10.1. The molecule has 1 amide bonds. The molecule has 0 aromatic carbocycles. The Bertz CT molecular complexity index is 706. The predicted molar refractivity (Wildman–Crippen MR) is 82.9 cm³/mol. The van der Waals surface area contributed by atoms with Gasteiger partial charge in [0.1, 0.15) is 11.4 Å². The van der Waals surface area contributed by atoms with Crippen LogP contribution in [0.4, 0.5) is 0 Å². The summed E-state index contributed by atoms with van der Waals surface area (Å²) in [4.78, 5) is 30.7. The number of fused-ring (bicyclic) bond motifs is 1. The van der Waals surface area contributed by atoms with Gasteiger partial charge in [0.15, 0.2) is 0 Å². The molecule has 0 radical (unpaired) electrons. The first kappa shape index (κ1) is 15.4. The van der Waals surface area contributed by atoms with E-state index in [0.29, 0.717) is 4.88 Å². The molecule has 0 saturated heterocycles. The van der Waals surface area contributed by atoms with E-state index >= 15 is 0 Å². The molecular formula is C15H18N2O3S. The fourth-order valence-electron chi connectivity index (χ4n) is 2.32. The summed E-state index contributed by atoms with van der Waals surface area (Å²) in [7, 11) is 0. The number of aliphatic carboxylic acids is 1. The fourth-order valence-corrected chi connectivity index (χ4v) is 3.51. The Labute approximate surface area is 127 Å². The van der Waals surface area contributed by atoms with E-state index in [0.717, 1.165) is 21.3 Å². The molecule has 0 aliphatic heterocycles. The number of pyridine rings is 1. The van der Waals surface area contributed by atoms with Crippen molar-refractivity contribution in [3.63, 3.8) is 0 Å². The van der Waals surface area contributed by atoms with Crippen LogP contribution in [-0.2, 0) is 4.79 Å². The van der Waals surface area contributed by atoms with E-state index in [1.54, 1.807) is 6.20 Å². The monoisotopic (exact) mass is 306 g/mol. The Hall–Kier alpha value is -1.95. The zero-order valence-electron chi connectivity index (χ0n) is 12.5. The molecule has 0 fully saturated rings. The van der Waals surface area contributed by atoms with Crippen molar-refractivity contribution in [3.05, 3.63) is 28.3 Å². The summed E-state index contributed by atoms with van der Waals surface area (Å²) in [6.07, 6.45) is 1.72. The van der Waals surface area contributed by atoms with Gasteiger partial charge >= 0.3 is 5.97 Å². The number of aryl methyl sites for hydroxylation is 2. The summed E-state index contributed by atoms with van der Waals surface area (Å²) in [6.45, 7) is 7.20. The zero-order chi connectivity index (χ0) is 15.7. The first-order chi connectivity index (χ1) is 9.82. The van der Waals surface area contributed by atoms with E-state index in [2.05, 4.69) is 4.98 Å². The number of amides is 1. The molecule has 6 heteroatoms. The summed E-state index contributed by atoms with van der Waals surface area (Å²) in [5.41, 5.74) is 1.95. The van der Waals surface area contributed by atoms with Crippen molar-refractivity contribution in [2.24, 2.45) is 0 Å². The van der Waals surface area contributed by atoms with E-state index in [9.17, 15) is 9.59 Å². The molecular weight excluding hydrogens is 288 g/mol. The average molecular weight is 306 g/mol. The second-order valence-electron chi connectivity index (χ2n) is 5.28. The Balaban J connectivity index is 2.50. The van der Waals surface area contributed by atoms with Gasteiger partial charge in [-0.1, -0.05) is 0 Å². The number of aromatic nitrogens is 1. The lowest BCUT2D eigenvalue weighted by Crippen LogP contribution is -2.40. The Morgan fingerprint density at radius 1 is 1.38 bits per heavy atom. The van der Waals surface area contributed by atoms with E-state index in [4.69, 9.17) is 5.11 Å². The molecule has 0 atom stereocenters. The topological polar surface area (TPSA) is 70.5 Å². The van der Waals surface area contributed by atoms with Gasteiger partial charge in [-0.15, -0.1) is 11.3 Å². The maximum absolute atomic E-state index is 12.7. The van der Waals surface area contributed by atoms with Crippen LogP contribution in [0, 0.1) is 13.8 Å². The van der Waals surface area contributed by atoms with E-state index in [1.807, 2.05) is 33.8 Å². The van der Waals surface area contributed by atoms with Crippen molar-refractivity contribution in [2.75, 3.05) is 6.54 Å². The Kier molecular flexibility index (Phi) is 4.27. The maximum Gasteiger partial charge on any atom is 0.323 e. The largest absolute Gasteiger partial charge is 0.480 e. The van der Waals surface area contributed by atoms with Crippen LogP contribution in [0.15, 0.2) is 12.3 Å². The van der Waals surface area contributed by atoms with Crippen molar-refractivity contribution in [3.8, 4) is 0 Å². The summed E-state index contributed by atoms with van der Waals surface area (Å²) >= 11 is 1.32. The number of hydrogen-bond donors (Lipinski definition) is 1. The summed E-state index contributed by atoms with van der Waals surface area (Å²) in [6, 6.07) is 1.74. The number of carboxylic acids is 1. The van der Waals surface area contributed by atoms with Crippen LogP contribution in [-0.4, -0.2) is 39.5 Å². The highest BCUT2D eigenvalue weighted by molar-refractivity contribution is 7.20. The average Bonchev–Trinajstić information content (AvgIpc) is 2.73. The number of thiophene rings is 1. The minimum Gasteiger partial charge on any atom is -0.480 e. The number of carbonyl (C=O) groups excluding carboxylic acids is 1. The van der Waals surface area contributed by atoms with Crippen molar-refractivity contribution in [2.45, 2.75) is 33.7 Å². The Morgan fingerprint density at radius 3 is 2.57 bits per heavy atom. The van der Waals surface area contributed by atoms with Gasteiger partial charge in [-0.05, 0) is 44.9 Å². The lowest BCUT2D eigenvalue weighted by molar-refractivity contribution is -0.138. The van der Waals surface area contributed by atoms with Crippen LogP contribution in [0.2, 0.25) is 0 Å². The van der Waals surface area contributed by atoms with Gasteiger partial charge in [-0.3, -0.25) is 9.59 Å². The van der Waals surface area contributed by atoms with Crippen LogP contribution >= 0.6 is 11.3 Å². The minimum absolute atomic E-state index is 0.174. The van der Waals surface area contributed by atoms with Gasteiger partial charge in [0, 0.05) is 17.6 Å². The number of carbonyl (C=O) groups is 2. The van der Waals surface area contributed by atoms with Crippen LogP contribution in [0.25, 0.3) is 10.2 Å². The summed E-state index contributed by atoms with van der Waals surface area (Å²) in [5.74, 6) is -1.25. The van der Waals surface area contributed by atoms with Gasteiger partial charge in [-0.25, -0.2) is 4.98 Å². The molecule has 21 heavy (non-hydrogen) atoms. The standard InChI is InChI=1S/C15H18N2O3S/c1-8(2)17(7-11(18)19)15(20)13-10(4)12-9(3)5-6-16-14(12)21-13/h5-6,8H,7H2,1-4H3,(H,18,19). The molecule has 2 heterocycles. The van der Waals surface area contributed by atoms with Gasteiger partial charge in [0.05, 0.1) is 4.88 Å². The molecule has 0 saturated carbocycles. The summed E-state index contributed by atoms with van der Waals surface area (Å²) < 4.78 is 0. The van der Waals surface area contributed by atoms with Crippen molar-refractivity contribution in [1.82, 2.24) is 9.88 Å². The third-order valence-corrected chi connectivity index (χ3v) is 4.61. The Morgan fingerprint density at radius 2 is 2.05 bits per heavy atom. The number of hydrogen-bond acceptors (Lipinski definition) is 4. The molecule has 2 aromatic rings. The minimum atomic E-state index is -1.01. The first-order valence-electron chi connectivity index (χ1n) is 6.70. The lowest BCUT2D eigenvalue weighted by Gasteiger charge is -2.24. The first-order valence-corrected chi connectivity index (χ1v) is 7.52. The molecule has 0 spiro atoms. The number of nitrogens with zero attached hydrogens (tertiary/aromatic N) is 2. The highest BCUT2D eigenvalue weighted by Crippen LogP contribution is 2.32. The van der Waals surface area contributed by atoms with Gasteiger partial charge in [0.25, 0.3) is 5.91 Å². The number of rotatable bonds is 4. The van der Waals surface area contributed by atoms with Crippen molar-refractivity contribution < 1.29 is 14.7 Å². The van der Waals surface area contributed by atoms with Crippen LogP contribution < -0.4 is 0 Å². The molecule has 0 unspecified atom stereocenters. The molecule has 1 N–H and O–H groups in total. The maximum atomic E-state index is 12.7. The second-order valence-corrected chi connectivity index (χ2v) is 6.28. The smallest absolute Gasteiger partial charge is 0.323 e. The SMILES string of the molecule is Cc1ccnc2sc(C(=O)N(CC(=O)O)C(C)C)c(C)c12. The quantitative estimate of drug-likeness (QED) is 0.943. The zero-order valence-corrected chi connectivity index (χ0v) is 13.3. The highest BCUT2D eigenvalue weighted by atomic mass is 32.1. The summed E-state index contributed by atoms with van der Waals surface area (Å²) in [5, 5.41) is 9.97. The second kappa shape index (κ2) is 5.81. The molecule has 2 rings (SSSR count).